The second-order valence-electron chi connectivity index (χ2n) is 5.90. The van der Waals surface area contributed by atoms with Gasteiger partial charge in [0, 0.05) is 6.54 Å². The molecule has 114 valence electrons. The number of anilines is 1. The molecular formula is C17H23NO3. The summed E-state index contributed by atoms with van der Waals surface area (Å²) in [4.78, 5) is 11.1. The maximum Gasteiger partial charge on any atom is 0.335 e. The Morgan fingerprint density at radius 3 is 2.86 bits per heavy atom. The minimum atomic E-state index is -0.925. The highest BCUT2D eigenvalue weighted by Crippen LogP contribution is 2.30. The van der Waals surface area contributed by atoms with Gasteiger partial charge in [0.1, 0.15) is 5.75 Å². The standard InChI is InChI=1S/C17H23NO3/c1-11-6-12(2)8-13(7-11)10-18-15-9-14(17(19)20)4-5-16(15)21-3/h4-6,9,11,13,18H,7-8,10H2,1-3H3,(H,19,20). The molecule has 2 N–H and O–H groups in total. The first-order valence-corrected chi connectivity index (χ1v) is 7.32. The third-order valence-corrected chi connectivity index (χ3v) is 3.91. The van der Waals surface area contributed by atoms with E-state index in [0.29, 0.717) is 17.6 Å². The smallest absolute Gasteiger partial charge is 0.335 e. The van der Waals surface area contributed by atoms with E-state index in [-0.39, 0.29) is 5.56 Å². The number of aromatic carboxylic acids is 1. The lowest BCUT2D eigenvalue weighted by Gasteiger charge is -2.26. The maximum atomic E-state index is 11.1. The average molecular weight is 289 g/mol. The van der Waals surface area contributed by atoms with Crippen molar-refractivity contribution in [2.45, 2.75) is 26.7 Å². The van der Waals surface area contributed by atoms with Crippen LogP contribution in [-0.2, 0) is 0 Å². The number of carboxylic acid groups (broad SMARTS) is 1. The first kappa shape index (κ1) is 15.4. The fourth-order valence-corrected chi connectivity index (χ4v) is 3.08. The lowest BCUT2D eigenvalue weighted by molar-refractivity contribution is 0.0697. The quantitative estimate of drug-likeness (QED) is 0.810. The van der Waals surface area contributed by atoms with Gasteiger partial charge in [-0.25, -0.2) is 4.79 Å². The molecular weight excluding hydrogens is 266 g/mol. The number of ether oxygens (including phenoxy) is 1. The van der Waals surface area contributed by atoms with Crippen molar-refractivity contribution in [3.63, 3.8) is 0 Å². The van der Waals surface area contributed by atoms with Crippen LogP contribution >= 0.6 is 0 Å². The predicted octanol–water partition coefficient (Wildman–Crippen LogP) is 3.80. The normalized spacial score (nSPS) is 21.6. The summed E-state index contributed by atoms with van der Waals surface area (Å²) in [7, 11) is 1.59. The Morgan fingerprint density at radius 2 is 2.24 bits per heavy atom. The van der Waals surface area contributed by atoms with E-state index < -0.39 is 5.97 Å². The summed E-state index contributed by atoms with van der Waals surface area (Å²) in [5.41, 5.74) is 2.45. The molecule has 0 aromatic heterocycles. The molecule has 0 saturated heterocycles. The molecule has 4 nitrogen and oxygen atoms in total. The van der Waals surface area contributed by atoms with Gasteiger partial charge in [-0.3, -0.25) is 0 Å². The largest absolute Gasteiger partial charge is 0.495 e. The number of benzene rings is 1. The SMILES string of the molecule is COc1ccc(C(=O)O)cc1NCC1CC(C)=CC(C)C1. The molecule has 0 amide bonds. The molecule has 1 aromatic carbocycles. The first-order chi connectivity index (χ1) is 9.99. The topological polar surface area (TPSA) is 58.6 Å². The molecule has 0 spiro atoms. The molecule has 1 aromatic rings. The van der Waals surface area contributed by atoms with Gasteiger partial charge in [-0.1, -0.05) is 18.6 Å². The van der Waals surface area contributed by atoms with Crippen LogP contribution in [0, 0.1) is 11.8 Å². The Morgan fingerprint density at radius 1 is 1.48 bits per heavy atom. The Hall–Kier alpha value is -1.97. The number of hydrogen-bond donors (Lipinski definition) is 2. The molecule has 1 aliphatic rings. The van der Waals surface area contributed by atoms with Crippen LogP contribution in [0.5, 0.6) is 5.75 Å². The molecule has 0 saturated carbocycles. The second kappa shape index (κ2) is 6.66. The molecule has 2 rings (SSSR count). The summed E-state index contributed by atoms with van der Waals surface area (Å²) < 4.78 is 5.30. The lowest BCUT2D eigenvalue weighted by atomic mass is 9.83. The van der Waals surface area contributed by atoms with Crippen LogP contribution in [0.25, 0.3) is 0 Å². The highest BCUT2D eigenvalue weighted by Gasteiger charge is 2.18. The van der Waals surface area contributed by atoms with Crippen molar-refractivity contribution >= 4 is 11.7 Å². The number of methoxy groups -OCH3 is 1. The van der Waals surface area contributed by atoms with Crippen LogP contribution in [-0.4, -0.2) is 24.7 Å². The van der Waals surface area contributed by atoms with Gasteiger partial charge in [0.25, 0.3) is 0 Å². The van der Waals surface area contributed by atoms with E-state index in [4.69, 9.17) is 9.84 Å². The number of carboxylic acids is 1. The number of hydrogen-bond acceptors (Lipinski definition) is 3. The van der Waals surface area contributed by atoms with Gasteiger partial charge in [-0.15, -0.1) is 0 Å². The second-order valence-corrected chi connectivity index (χ2v) is 5.90. The molecule has 0 radical (unpaired) electrons. The zero-order chi connectivity index (χ0) is 15.4. The van der Waals surface area contributed by atoms with Crippen LogP contribution in [0.15, 0.2) is 29.8 Å². The zero-order valence-electron chi connectivity index (χ0n) is 12.8. The number of nitrogens with one attached hydrogen (secondary N) is 1. The fourth-order valence-electron chi connectivity index (χ4n) is 3.08. The van der Waals surface area contributed by atoms with Crippen molar-refractivity contribution in [3.05, 3.63) is 35.4 Å². The molecule has 21 heavy (non-hydrogen) atoms. The lowest BCUT2D eigenvalue weighted by Crippen LogP contribution is -2.20. The van der Waals surface area contributed by atoms with Crippen LogP contribution < -0.4 is 10.1 Å². The van der Waals surface area contributed by atoms with E-state index in [9.17, 15) is 4.79 Å². The summed E-state index contributed by atoms with van der Waals surface area (Å²) in [6.45, 7) is 5.24. The molecule has 1 aliphatic carbocycles. The Bertz CT molecular complexity index is 551. The van der Waals surface area contributed by atoms with Crippen molar-refractivity contribution in [1.82, 2.24) is 0 Å². The van der Waals surface area contributed by atoms with Crippen molar-refractivity contribution in [2.24, 2.45) is 11.8 Å². The molecule has 0 heterocycles. The molecule has 4 heteroatoms. The first-order valence-electron chi connectivity index (χ1n) is 7.32. The molecule has 0 fully saturated rings. The Balaban J connectivity index is 2.07. The summed E-state index contributed by atoms with van der Waals surface area (Å²) >= 11 is 0. The molecule has 2 atom stereocenters. The van der Waals surface area contributed by atoms with E-state index in [2.05, 4.69) is 25.2 Å². The van der Waals surface area contributed by atoms with Crippen LogP contribution in [0.1, 0.15) is 37.0 Å². The zero-order valence-corrected chi connectivity index (χ0v) is 12.8. The van der Waals surface area contributed by atoms with Crippen molar-refractivity contribution in [2.75, 3.05) is 19.0 Å². The monoisotopic (exact) mass is 289 g/mol. The van der Waals surface area contributed by atoms with E-state index >= 15 is 0 Å². The average Bonchev–Trinajstić information content (AvgIpc) is 2.43. The van der Waals surface area contributed by atoms with Gasteiger partial charge in [-0.2, -0.15) is 0 Å². The minimum Gasteiger partial charge on any atom is -0.495 e. The third-order valence-electron chi connectivity index (χ3n) is 3.91. The highest BCUT2D eigenvalue weighted by molar-refractivity contribution is 5.89. The summed E-state index contributed by atoms with van der Waals surface area (Å²) in [6.07, 6.45) is 4.59. The van der Waals surface area contributed by atoms with E-state index in [1.54, 1.807) is 25.3 Å². The van der Waals surface area contributed by atoms with Gasteiger partial charge in [-0.05, 0) is 49.8 Å². The van der Waals surface area contributed by atoms with Crippen LogP contribution in [0.3, 0.4) is 0 Å². The summed E-state index contributed by atoms with van der Waals surface area (Å²) in [6, 6.07) is 4.89. The van der Waals surface area contributed by atoms with Gasteiger partial charge in [0.15, 0.2) is 0 Å². The van der Waals surface area contributed by atoms with Crippen molar-refractivity contribution < 1.29 is 14.6 Å². The van der Waals surface area contributed by atoms with Gasteiger partial charge in [0.05, 0.1) is 18.4 Å². The molecule has 0 bridgehead atoms. The Labute approximate surface area is 125 Å². The maximum absolute atomic E-state index is 11.1. The third kappa shape index (κ3) is 4.00. The van der Waals surface area contributed by atoms with Gasteiger partial charge >= 0.3 is 5.97 Å². The van der Waals surface area contributed by atoms with Crippen molar-refractivity contribution in [1.29, 1.82) is 0 Å². The highest BCUT2D eigenvalue weighted by atomic mass is 16.5. The van der Waals surface area contributed by atoms with E-state index in [0.717, 1.165) is 25.1 Å². The fraction of sp³-hybridized carbons (Fsp3) is 0.471. The molecule has 2 unspecified atom stereocenters. The molecule has 0 aliphatic heterocycles. The minimum absolute atomic E-state index is 0.270. The van der Waals surface area contributed by atoms with Crippen LogP contribution in [0.4, 0.5) is 5.69 Å². The van der Waals surface area contributed by atoms with E-state index in [1.165, 1.54) is 5.57 Å². The summed E-state index contributed by atoms with van der Waals surface area (Å²) in [5, 5.41) is 12.4. The van der Waals surface area contributed by atoms with Crippen LogP contribution in [0.2, 0.25) is 0 Å². The van der Waals surface area contributed by atoms with Gasteiger partial charge in [0.2, 0.25) is 0 Å². The number of allylic oxidation sites excluding steroid dienone is 2. The predicted molar refractivity (Wildman–Crippen MR) is 84.1 cm³/mol. The van der Waals surface area contributed by atoms with Crippen molar-refractivity contribution in [3.8, 4) is 5.75 Å². The number of carbonyl (C=O) groups is 1. The number of rotatable bonds is 5. The Kier molecular flexibility index (Phi) is 4.89. The van der Waals surface area contributed by atoms with Gasteiger partial charge < -0.3 is 15.2 Å². The summed E-state index contributed by atoms with van der Waals surface area (Å²) in [5.74, 6) is 0.933. The van der Waals surface area contributed by atoms with E-state index in [1.807, 2.05) is 0 Å².